The van der Waals surface area contributed by atoms with Gasteiger partial charge in [0.15, 0.2) is 6.61 Å². The fourth-order valence-electron chi connectivity index (χ4n) is 2.76. The minimum Gasteiger partial charge on any atom is -0.455 e. The van der Waals surface area contributed by atoms with Crippen LogP contribution >= 0.6 is 11.3 Å². The molecule has 0 spiro atoms. The summed E-state index contributed by atoms with van der Waals surface area (Å²) in [5.41, 5.74) is 0.825. The molecule has 0 bridgehead atoms. The first-order valence-electron chi connectivity index (χ1n) is 8.31. The third-order valence-corrected chi connectivity index (χ3v) is 5.35. The van der Waals surface area contributed by atoms with Gasteiger partial charge in [-0.25, -0.2) is 4.98 Å². The largest absolute Gasteiger partial charge is 0.455 e. The van der Waals surface area contributed by atoms with Gasteiger partial charge in [0.25, 0.3) is 5.91 Å². The minimum atomic E-state index is -0.927. The Balaban J connectivity index is 1.92. The predicted molar refractivity (Wildman–Crippen MR) is 102 cm³/mol. The molecule has 0 aliphatic carbocycles. The molecule has 1 atom stereocenters. The second-order valence-corrected chi connectivity index (χ2v) is 7.31. The van der Waals surface area contributed by atoms with Crippen molar-refractivity contribution in [3.63, 3.8) is 0 Å². The van der Waals surface area contributed by atoms with E-state index >= 15 is 0 Å². The summed E-state index contributed by atoms with van der Waals surface area (Å²) in [6, 6.07) is 17.4. The molecule has 1 aromatic heterocycles. The van der Waals surface area contributed by atoms with Crippen LogP contribution in [-0.2, 0) is 26.2 Å². The van der Waals surface area contributed by atoms with Crippen LogP contribution in [0.1, 0.15) is 17.5 Å². The van der Waals surface area contributed by atoms with E-state index in [0.29, 0.717) is 6.42 Å². The summed E-state index contributed by atoms with van der Waals surface area (Å²) in [5, 5.41) is 3.31. The summed E-state index contributed by atoms with van der Waals surface area (Å²) in [5.74, 6) is -0.777. The Hall–Kier alpha value is -2.73. The first-order chi connectivity index (χ1) is 12.5. The van der Waals surface area contributed by atoms with Gasteiger partial charge in [-0.2, -0.15) is 0 Å². The smallest absolute Gasteiger partial charge is 0.317 e. The first kappa shape index (κ1) is 18.1. The Labute approximate surface area is 156 Å². The number of nitrogens with one attached hydrogen (secondary N) is 1. The highest BCUT2D eigenvalue weighted by atomic mass is 32.1. The molecule has 0 fully saturated rings. The molecule has 3 aromatic rings. The van der Waals surface area contributed by atoms with Gasteiger partial charge < -0.3 is 10.1 Å². The first-order valence-corrected chi connectivity index (χ1v) is 9.12. The van der Waals surface area contributed by atoms with Gasteiger partial charge in [0, 0.05) is 13.5 Å². The van der Waals surface area contributed by atoms with Crippen LogP contribution in [0.15, 0.2) is 54.6 Å². The van der Waals surface area contributed by atoms with Crippen LogP contribution in [0.3, 0.4) is 0 Å². The third-order valence-electron chi connectivity index (χ3n) is 4.32. The van der Waals surface area contributed by atoms with Gasteiger partial charge in [-0.15, -0.1) is 11.3 Å². The Morgan fingerprint density at radius 1 is 1.12 bits per heavy atom. The standard InChI is InChI=1S/C20H20N2O3S/c1-20(14-8-4-3-5-9-14,19(24)25-13-17(23)21-2)12-18-22-15-10-6-7-11-16(15)26-18/h3-11H,12-13H2,1-2H3,(H,21,23)/t20-/m0/s1. The zero-order chi connectivity index (χ0) is 18.6. The minimum absolute atomic E-state index is 0.294. The highest BCUT2D eigenvalue weighted by molar-refractivity contribution is 7.18. The van der Waals surface area contributed by atoms with Crippen LogP contribution in [0.25, 0.3) is 10.2 Å². The number of aromatic nitrogens is 1. The Kier molecular flexibility index (Phi) is 5.32. The van der Waals surface area contributed by atoms with Gasteiger partial charge in [0.1, 0.15) is 0 Å². The van der Waals surface area contributed by atoms with E-state index in [-0.39, 0.29) is 12.5 Å². The number of carbonyl (C=O) groups excluding carboxylic acids is 2. The van der Waals surface area contributed by atoms with Crippen molar-refractivity contribution in [3.8, 4) is 0 Å². The molecule has 2 aromatic carbocycles. The molecule has 26 heavy (non-hydrogen) atoms. The summed E-state index contributed by atoms with van der Waals surface area (Å²) in [6.07, 6.45) is 0.406. The summed E-state index contributed by atoms with van der Waals surface area (Å²) < 4.78 is 6.37. The number of benzene rings is 2. The number of fused-ring (bicyclic) bond motifs is 1. The van der Waals surface area contributed by atoms with Crippen molar-refractivity contribution in [2.45, 2.75) is 18.8 Å². The van der Waals surface area contributed by atoms with Crippen molar-refractivity contribution in [1.29, 1.82) is 0 Å². The molecule has 0 aliphatic rings. The topological polar surface area (TPSA) is 68.3 Å². The van der Waals surface area contributed by atoms with E-state index in [1.54, 1.807) is 11.3 Å². The predicted octanol–water partition coefficient (Wildman–Crippen LogP) is 3.09. The maximum Gasteiger partial charge on any atom is 0.317 e. The molecule has 0 aliphatic heterocycles. The van der Waals surface area contributed by atoms with Crippen molar-refractivity contribution in [2.24, 2.45) is 0 Å². The average molecular weight is 368 g/mol. The van der Waals surface area contributed by atoms with Crippen LogP contribution in [0.5, 0.6) is 0 Å². The monoisotopic (exact) mass is 368 g/mol. The Morgan fingerprint density at radius 3 is 2.50 bits per heavy atom. The van der Waals surface area contributed by atoms with E-state index in [9.17, 15) is 9.59 Å². The van der Waals surface area contributed by atoms with Crippen LogP contribution < -0.4 is 5.32 Å². The van der Waals surface area contributed by atoms with E-state index in [1.807, 2.05) is 61.5 Å². The van der Waals surface area contributed by atoms with E-state index in [2.05, 4.69) is 10.3 Å². The summed E-state index contributed by atoms with van der Waals surface area (Å²) >= 11 is 1.57. The molecular formula is C20H20N2O3S. The second kappa shape index (κ2) is 7.66. The third kappa shape index (κ3) is 3.75. The lowest BCUT2D eigenvalue weighted by molar-refractivity contribution is -0.153. The molecule has 0 unspecified atom stereocenters. The molecule has 6 heteroatoms. The SMILES string of the molecule is CNC(=O)COC(=O)[C@@](C)(Cc1nc2ccccc2s1)c1ccccc1. The van der Waals surface area contributed by atoms with Crippen molar-refractivity contribution >= 4 is 33.4 Å². The lowest BCUT2D eigenvalue weighted by Crippen LogP contribution is -2.38. The number of esters is 1. The van der Waals surface area contributed by atoms with Gasteiger partial charge in [-0.3, -0.25) is 9.59 Å². The van der Waals surface area contributed by atoms with E-state index in [0.717, 1.165) is 20.8 Å². The van der Waals surface area contributed by atoms with Crippen LogP contribution in [0.2, 0.25) is 0 Å². The summed E-state index contributed by atoms with van der Waals surface area (Å²) in [4.78, 5) is 29.0. The van der Waals surface area contributed by atoms with Crippen LogP contribution in [0, 0.1) is 0 Å². The molecule has 1 N–H and O–H groups in total. The lowest BCUT2D eigenvalue weighted by atomic mass is 9.79. The molecule has 134 valence electrons. The zero-order valence-corrected chi connectivity index (χ0v) is 15.5. The highest BCUT2D eigenvalue weighted by Crippen LogP contribution is 2.33. The van der Waals surface area contributed by atoms with Gasteiger partial charge in [-0.1, -0.05) is 42.5 Å². The number of hydrogen-bond donors (Lipinski definition) is 1. The van der Waals surface area contributed by atoms with E-state index in [1.165, 1.54) is 7.05 Å². The molecule has 1 amide bonds. The average Bonchev–Trinajstić information content (AvgIpc) is 3.08. The number of para-hydroxylation sites is 1. The number of likely N-dealkylation sites (N-methyl/N-ethyl adjacent to an activating group) is 1. The van der Waals surface area contributed by atoms with Gasteiger partial charge >= 0.3 is 5.97 Å². The van der Waals surface area contributed by atoms with Crippen LogP contribution in [0.4, 0.5) is 0 Å². The number of rotatable bonds is 6. The maximum absolute atomic E-state index is 12.9. The molecule has 0 saturated heterocycles. The number of ether oxygens (including phenoxy) is 1. The normalized spacial score (nSPS) is 13.2. The van der Waals surface area contributed by atoms with E-state index in [4.69, 9.17) is 4.74 Å². The van der Waals surface area contributed by atoms with Crippen molar-refractivity contribution in [2.75, 3.05) is 13.7 Å². The lowest BCUT2D eigenvalue weighted by Gasteiger charge is -2.27. The van der Waals surface area contributed by atoms with Crippen molar-refractivity contribution < 1.29 is 14.3 Å². The molecule has 0 radical (unpaired) electrons. The number of amides is 1. The zero-order valence-electron chi connectivity index (χ0n) is 14.7. The van der Waals surface area contributed by atoms with Crippen molar-refractivity contribution in [3.05, 3.63) is 65.2 Å². The Bertz CT molecular complexity index is 890. The molecular weight excluding hydrogens is 348 g/mol. The molecule has 5 nitrogen and oxygen atoms in total. The second-order valence-electron chi connectivity index (χ2n) is 6.20. The van der Waals surface area contributed by atoms with Gasteiger partial charge in [0.2, 0.25) is 0 Å². The molecule has 3 rings (SSSR count). The van der Waals surface area contributed by atoms with E-state index < -0.39 is 11.4 Å². The van der Waals surface area contributed by atoms with Crippen LogP contribution in [-0.4, -0.2) is 30.5 Å². The summed E-state index contributed by atoms with van der Waals surface area (Å²) in [6.45, 7) is 1.54. The maximum atomic E-state index is 12.9. The van der Waals surface area contributed by atoms with Crippen molar-refractivity contribution in [1.82, 2.24) is 10.3 Å². The molecule has 1 heterocycles. The highest BCUT2D eigenvalue weighted by Gasteiger charge is 2.38. The van der Waals surface area contributed by atoms with Gasteiger partial charge in [0.05, 0.1) is 20.6 Å². The fraction of sp³-hybridized carbons (Fsp3) is 0.250. The number of thiazole rings is 1. The number of carbonyl (C=O) groups is 2. The fourth-order valence-corrected chi connectivity index (χ4v) is 3.88. The molecule has 0 saturated carbocycles. The number of hydrogen-bond acceptors (Lipinski definition) is 5. The quantitative estimate of drug-likeness (QED) is 0.679. The van der Waals surface area contributed by atoms with Gasteiger partial charge in [-0.05, 0) is 24.6 Å². The summed E-state index contributed by atoms with van der Waals surface area (Å²) in [7, 11) is 1.51. The number of nitrogens with zero attached hydrogens (tertiary/aromatic N) is 1. The Morgan fingerprint density at radius 2 is 1.81 bits per heavy atom.